The topological polar surface area (TPSA) is 55.7 Å². The molecule has 0 aliphatic rings. The molecule has 29 heavy (non-hydrogen) atoms. The highest BCUT2D eigenvalue weighted by molar-refractivity contribution is 7.99. The Labute approximate surface area is 178 Å². The van der Waals surface area contributed by atoms with Crippen molar-refractivity contribution in [3.63, 3.8) is 0 Å². The molecule has 2 aromatic carbocycles. The van der Waals surface area contributed by atoms with Gasteiger partial charge in [0.05, 0.1) is 16.3 Å². The molecule has 0 fully saturated rings. The van der Waals surface area contributed by atoms with Crippen molar-refractivity contribution in [3.8, 4) is 21.1 Å². The predicted molar refractivity (Wildman–Crippen MR) is 120 cm³/mol. The Morgan fingerprint density at radius 1 is 0.931 bits per heavy atom. The molecular formula is C23H19N3OS2. The summed E-state index contributed by atoms with van der Waals surface area (Å²) in [5, 5.41) is 10.4. The number of thiazole rings is 1. The van der Waals surface area contributed by atoms with E-state index in [1.807, 2.05) is 68.4 Å². The second kappa shape index (κ2) is 8.68. The van der Waals surface area contributed by atoms with Gasteiger partial charge in [-0.15, -0.1) is 21.5 Å². The van der Waals surface area contributed by atoms with Gasteiger partial charge in [-0.05, 0) is 26.0 Å². The summed E-state index contributed by atoms with van der Waals surface area (Å²) < 4.78 is 0. The van der Waals surface area contributed by atoms with E-state index in [0.29, 0.717) is 5.75 Å². The van der Waals surface area contributed by atoms with Gasteiger partial charge in [0.2, 0.25) is 0 Å². The van der Waals surface area contributed by atoms with Gasteiger partial charge < -0.3 is 0 Å². The number of rotatable bonds is 6. The largest absolute Gasteiger partial charge is 0.293 e. The quantitative estimate of drug-likeness (QED) is 0.290. The van der Waals surface area contributed by atoms with Crippen LogP contribution in [0.15, 0.2) is 71.8 Å². The number of thioether (sulfide) groups is 1. The Balaban J connectivity index is 1.45. The van der Waals surface area contributed by atoms with E-state index in [1.165, 1.54) is 11.8 Å². The molecule has 0 unspecified atom stereocenters. The maximum absolute atomic E-state index is 12.3. The lowest BCUT2D eigenvalue weighted by Crippen LogP contribution is -2.02. The van der Waals surface area contributed by atoms with Crippen LogP contribution in [0.2, 0.25) is 0 Å². The maximum Gasteiger partial charge on any atom is 0.173 e. The van der Waals surface area contributed by atoms with E-state index in [2.05, 4.69) is 27.3 Å². The first kappa shape index (κ1) is 19.5. The van der Waals surface area contributed by atoms with Crippen LogP contribution in [0.4, 0.5) is 0 Å². The van der Waals surface area contributed by atoms with Gasteiger partial charge in [0.15, 0.2) is 5.78 Å². The lowest BCUT2D eigenvalue weighted by atomic mass is 10.1. The molecule has 0 spiro atoms. The maximum atomic E-state index is 12.3. The third kappa shape index (κ3) is 4.60. The highest BCUT2D eigenvalue weighted by Crippen LogP contribution is 2.34. The van der Waals surface area contributed by atoms with Crippen LogP contribution in [-0.4, -0.2) is 26.7 Å². The summed E-state index contributed by atoms with van der Waals surface area (Å²) in [6, 6.07) is 21.6. The van der Waals surface area contributed by atoms with Gasteiger partial charge in [-0.25, -0.2) is 4.98 Å². The Kier molecular flexibility index (Phi) is 5.83. The molecule has 0 atom stereocenters. The number of nitrogens with zero attached hydrogens (tertiary/aromatic N) is 3. The number of aryl methyl sites for hydroxylation is 2. The molecule has 4 aromatic rings. The summed E-state index contributed by atoms with van der Waals surface area (Å²) in [6.45, 7) is 4.00. The van der Waals surface area contributed by atoms with Crippen LogP contribution in [0.1, 0.15) is 21.6 Å². The molecule has 0 radical (unpaired) electrons. The van der Waals surface area contributed by atoms with E-state index in [4.69, 9.17) is 0 Å². The standard InChI is InChI=1S/C23H19N3OS2/c1-15-8-10-17(11-9-15)20(27)14-28-21-13-12-19(25-26-21)22-16(2)24-23(29-22)18-6-4-3-5-7-18/h3-13H,14H2,1-2H3. The van der Waals surface area contributed by atoms with Crippen molar-refractivity contribution < 1.29 is 4.79 Å². The Hall–Kier alpha value is -2.83. The molecule has 6 heteroatoms. The number of ketones is 1. The van der Waals surface area contributed by atoms with Crippen LogP contribution >= 0.6 is 23.1 Å². The fraction of sp³-hybridized carbons (Fsp3) is 0.130. The number of aromatic nitrogens is 3. The summed E-state index contributed by atoms with van der Waals surface area (Å²) in [5.74, 6) is 0.432. The zero-order chi connectivity index (χ0) is 20.2. The average molecular weight is 418 g/mol. The minimum absolute atomic E-state index is 0.0895. The lowest BCUT2D eigenvalue weighted by Gasteiger charge is -2.02. The summed E-state index contributed by atoms with van der Waals surface area (Å²) in [5.41, 5.74) is 4.71. The summed E-state index contributed by atoms with van der Waals surface area (Å²) in [7, 11) is 0. The third-order valence-corrected chi connectivity index (χ3v) is 6.56. The van der Waals surface area contributed by atoms with Crippen molar-refractivity contribution in [2.45, 2.75) is 18.9 Å². The number of hydrogen-bond donors (Lipinski definition) is 0. The molecule has 144 valence electrons. The number of benzene rings is 2. The molecule has 0 aliphatic carbocycles. The molecule has 0 amide bonds. The molecule has 0 saturated heterocycles. The molecule has 0 aliphatic heterocycles. The van der Waals surface area contributed by atoms with Gasteiger partial charge in [-0.3, -0.25) is 4.79 Å². The van der Waals surface area contributed by atoms with Gasteiger partial charge in [0, 0.05) is 11.1 Å². The van der Waals surface area contributed by atoms with Gasteiger partial charge >= 0.3 is 0 Å². The number of hydrogen-bond acceptors (Lipinski definition) is 6. The molecule has 2 aromatic heterocycles. The van der Waals surface area contributed by atoms with Crippen molar-refractivity contribution in [2.24, 2.45) is 0 Å². The molecule has 4 nitrogen and oxygen atoms in total. The first-order valence-electron chi connectivity index (χ1n) is 9.20. The molecule has 0 bridgehead atoms. The third-order valence-electron chi connectivity index (χ3n) is 4.41. The second-order valence-corrected chi connectivity index (χ2v) is 8.63. The lowest BCUT2D eigenvalue weighted by molar-refractivity contribution is 0.102. The molecular weight excluding hydrogens is 398 g/mol. The average Bonchev–Trinajstić information content (AvgIpc) is 3.15. The minimum atomic E-state index is 0.0895. The molecule has 0 N–H and O–H groups in total. The first-order valence-corrected chi connectivity index (χ1v) is 11.0. The van der Waals surface area contributed by atoms with Crippen molar-refractivity contribution in [3.05, 3.63) is 83.6 Å². The van der Waals surface area contributed by atoms with E-state index in [-0.39, 0.29) is 5.78 Å². The van der Waals surface area contributed by atoms with Crippen molar-refractivity contribution in [2.75, 3.05) is 5.75 Å². The number of carbonyl (C=O) groups excluding carboxylic acids is 1. The van der Waals surface area contributed by atoms with E-state index in [0.717, 1.165) is 43.0 Å². The molecule has 0 saturated carbocycles. The fourth-order valence-corrected chi connectivity index (χ4v) is 4.56. The first-order chi connectivity index (χ1) is 14.1. The second-order valence-electron chi connectivity index (χ2n) is 6.63. The van der Waals surface area contributed by atoms with E-state index >= 15 is 0 Å². The van der Waals surface area contributed by atoms with Gasteiger partial charge in [0.25, 0.3) is 0 Å². The van der Waals surface area contributed by atoms with Crippen molar-refractivity contribution in [1.82, 2.24) is 15.2 Å². The van der Waals surface area contributed by atoms with Gasteiger partial charge in [0.1, 0.15) is 15.7 Å². The van der Waals surface area contributed by atoms with Crippen LogP contribution < -0.4 is 0 Å². The summed E-state index contributed by atoms with van der Waals surface area (Å²) >= 11 is 3.02. The smallest absolute Gasteiger partial charge is 0.173 e. The van der Waals surface area contributed by atoms with Crippen LogP contribution in [0.3, 0.4) is 0 Å². The fourth-order valence-electron chi connectivity index (χ4n) is 2.82. The normalized spacial score (nSPS) is 10.8. The minimum Gasteiger partial charge on any atom is -0.293 e. The SMILES string of the molecule is Cc1ccc(C(=O)CSc2ccc(-c3sc(-c4ccccc4)nc3C)nn2)cc1. The molecule has 2 heterocycles. The van der Waals surface area contributed by atoms with Crippen molar-refractivity contribution in [1.29, 1.82) is 0 Å². The van der Waals surface area contributed by atoms with Crippen LogP contribution in [0.5, 0.6) is 0 Å². The molecule has 4 rings (SSSR count). The van der Waals surface area contributed by atoms with Gasteiger partial charge in [-0.1, -0.05) is 71.9 Å². The van der Waals surface area contributed by atoms with Crippen LogP contribution in [0, 0.1) is 13.8 Å². The highest BCUT2D eigenvalue weighted by atomic mass is 32.2. The predicted octanol–water partition coefficient (Wildman–Crippen LogP) is 5.86. The summed E-state index contributed by atoms with van der Waals surface area (Å²) in [6.07, 6.45) is 0. The van der Waals surface area contributed by atoms with E-state index in [9.17, 15) is 4.79 Å². The Bertz CT molecular complexity index is 1120. The zero-order valence-electron chi connectivity index (χ0n) is 16.1. The Morgan fingerprint density at radius 2 is 1.69 bits per heavy atom. The highest BCUT2D eigenvalue weighted by Gasteiger charge is 2.13. The Morgan fingerprint density at radius 3 is 2.38 bits per heavy atom. The van der Waals surface area contributed by atoms with Gasteiger partial charge in [-0.2, -0.15) is 0 Å². The van der Waals surface area contributed by atoms with E-state index < -0.39 is 0 Å². The number of carbonyl (C=O) groups is 1. The van der Waals surface area contributed by atoms with Crippen molar-refractivity contribution >= 4 is 28.9 Å². The number of Topliss-reactive ketones (excluding diaryl/α,β-unsaturated/α-hetero) is 1. The van der Waals surface area contributed by atoms with Crippen LogP contribution in [0.25, 0.3) is 21.1 Å². The monoisotopic (exact) mass is 417 g/mol. The summed E-state index contributed by atoms with van der Waals surface area (Å²) in [4.78, 5) is 18.0. The van der Waals surface area contributed by atoms with E-state index in [1.54, 1.807) is 11.3 Å². The zero-order valence-corrected chi connectivity index (χ0v) is 17.8. The van der Waals surface area contributed by atoms with Crippen LogP contribution in [-0.2, 0) is 0 Å².